The van der Waals surface area contributed by atoms with Crippen LogP contribution in [0.25, 0.3) is 0 Å². The third-order valence-corrected chi connectivity index (χ3v) is 6.31. The van der Waals surface area contributed by atoms with Gasteiger partial charge in [-0.3, -0.25) is 9.69 Å². The van der Waals surface area contributed by atoms with Gasteiger partial charge in [0, 0.05) is 22.7 Å². The zero-order valence-electron chi connectivity index (χ0n) is 17.0. The summed E-state index contributed by atoms with van der Waals surface area (Å²) in [5.74, 6) is 0.0407. The third kappa shape index (κ3) is 3.26. The third-order valence-electron chi connectivity index (χ3n) is 6.06. The molecule has 32 heavy (non-hydrogen) atoms. The summed E-state index contributed by atoms with van der Waals surface area (Å²) in [6.07, 6.45) is 2.31. The van der Waals surface area contributed by atoms with Gasteiger partial charge in [-0.2, -0.15) is 15.3 Å². The molecule has 8 heteroatoms. The molecule has 7 nitrogen and oxygen atoms in total. The van der Waals surface area contributed by atoms with Crippen LogP contribution in [-0.4, -0.2) is 21.0 Å². The predicted octanol–water partition coefficient (Wildman–Crippen LogP) is 4.16. The first-order valence-corrected chi connectivity index (χ1v) is 10.6. The summed E-state index contributed by atoms with van der Waals surface area (Å²) in [4.78, 5) is 19.5. The topological polar surface area (TPSA) is 112 Å². The van der Waals surface area contributed by atoms with Crippen LogP contribution in [0.3, 0.4) is 0 Å². The summed E-state index contributed by atoms with van der Waals surface area (Å²) < 4.78 is 0. The maximum absolute atomic E-state index is 13.6. The largest absolute Gasteiger partial charge is 0.384 e. The van der Waals surface area contributed by atoms with Crippen molar-refractivity contribution in [3.8, 4) is 6.07 Å². The second-order valence-corrected chi connectivity index (χ2v) is 8.28. The Hall–Kier alpha value is -3.89. The number of aromatic amines is 1. The van der Waals surface area contributed by atoms with Crippen molar-refractivity contribution < 1.29 is 4.79 Å². The van der Waals surface area contributed by atoms with E-state index in [4.69, 9.17) is 17.3 Å². The zero-order chi connectivity index (χ0) is 22.2. The molecule has 0 spiro atoms. The molecule has 0 fully saturated rings. The predicted molar refractivity (Wildman–Crippen MR) is 120 cm³/mol. The molecule has 3 aromatic rings. The smallest absolute Gasteiger partial charge is 0.231 e. The molecule has 0 amide bonds. The molecule has 0 radical (unpaired) electrons. The Morgan fingerprint density at radius 2 is 1.84 bits per heavy atom. The molecule has 2 aliphatic rings. The van der Waals surface area contributed by atoms with Gasteiger partial charge in [0.15, 0.2) is 5.78 Å². The molecule has 2 aromatic carbocycles. The lowest BCUT2D eigenvalue weighted by molar-refractivity contribution is -0.116. The zero-order valence-corrected chi connectivity index (χ0v) is 17.8. The number of benzene rings is 2. The average molecular weight is 443 g/mol. The maximum Gasteiger partial charge on any atom is 0.231 e. The van der Waals surface area contributed by atoms with E-state index in [1.165, 1.54) is 6.33 Å². The average Bonchev–Trinajstić information content (AvgIpc) is 3.34. The van der Waals surface area contributed by atoms with E-state index in [2.05, 4.69) is 21.3 Å². The van der Waals surface area contributed by atoms with E-state index in [-0.39, 0.29) is 17.5 Å². The van der Waals surface area contributed by atoms with Crippen molar-refractivity contribution in [3.05, 3.63) is 99.7 Å². The lowest BCUT2D eigenvalue weighted by Gasteiger charge is -2.40. The van der Waals surface area contributed by atoms with Crippen molar-refractivity contribution in [3.63, 3.8) is 0 Å². The van der Waals surface area contributed by atoms with Gasteiger partial charge in [0.2, 0.25) is 5.95 Å². The molecule has 0 unspecified atom stereocenters. The highest BCUT2D eigenvalue weighted by Crippen LogP contribution is 2.48. The van der Waals surface area contributed by atoms with Crippen molar-refractivity contribution in [2.45, 2.75) is 24.7 Å². The second-order valence-electron chi connectivity index (χ2n) is 7.84. The number of aromatic nitrogens is 3. The highest BCUT2D eigenvalue weighted by molar-refractivity contribution is 6.30. The molecule has 2 atom stereocenters. The number of rotatable bonds is 3. The number of carbonyl (C=O) groups is 1. The van der Waals surface area contributed by atoms with E-state index in [1.807, 2.05) is 42.5 Å². The van der Waals surface area contributed by atoms with Crippen molar-refractivity contribution in [2.24, 2.45) is 5.73 Å². The number of hydrogen-bond donors (Lipinski definition) is 2. The molecule has 1 aliphatic carbocycles. The lowest BCUT2D eigenvalue weighted by Crippen LogP contribution is -2.40. The first kappa shape index (κ1) is 20.0. The fraction of sp³-hybridized carbons (Fsp3) is 0.167. The van der Waals surface area contributed by atoms with Gasteiger partial charge in [-0.1, -0.05) is 54.1 Å². The van der Waals surface area contributed by atoms with Gasteiger partial charge in [0.05, 0.1) is 17.6 Å². The van der Waals surface area contributed by atoms with E-state index < -0.39 is 5.92 Å². The van der Waals surface area contributed by atoms with Gasteiger partial charge in [0.1, 0.15) is 12.1 Å². The highest BCUT2D eigenvalue weighted by Gasteiger charge is 2.43. The van der Waals surface area contributed by atoms with Crippen LogP contribution in [0.4, 0.5) is 5.95 Å². The quantitative estimate of drug-likeness (QED) is 0.630. The Bertz CT molecular complexity index is 1270. The number of allylic oxidation sites excluding steroid dienone is 3. The number of nitrogens with zero attached hydrogens (tertiary/aromatic N) is 4. The number of hydrogen-bond acceptors (Lipinski definition) is 6. The van der Waals surface area contributed by atoms with Gasteiger partial charge in [0.25, 0.3) is 0 Å². The number of nitriles is 1. The summed E-state index contributed by atoms with van der Waals surface area (Å²) in [6, 6.07) is 19.4. The van der Waals surface area contributed by atoms with Gasteiger partial charge in [-0.25, -0.2) is 5.10 Å². The van der Waals surface area contributed by atoms with Crippen LogP contribution >= 0.6 is 11.6 Å². The van der Waals surface area contributed by atoms with Crippen LogP contribution in [0.5, 0.6) is 0 Å². The van der Waals surface area contributed by atoms with Crippen LogP contribution in [-0.2, 0) is 4.79 Å². The summed E-state index contributed by atoms with van der Waals surface area (Å²) in [5, 5.41) is 17.4. The van der Waals surface area contributed by atoms with E-state index in [9.17, 15) is 10.1 Å². The van der Waals surface area contributed by atoms with Gasteiger partial charge < -0.3 is 5.73 Å². The highest BCUT2D eigenvalue weighted by atomic mass is 35.5. The fourth-order valence-corrected chi connectivity index (χ4v) is 4.75. The Morgan fingerprint density at radius 1 is 1.09 bits per heavy atom. The first-order chi connectivity index (χ1) is 15.6. The number of carbonyl (C=O) groups excluding carboxylic acids is 1. The van der Waals surface area contributed by atoms with Crippen LogP contribution < -0.4 is 10.6 Å². The number of anilines is 1. The van der Waals surface area contributed by atoms with Crippen molar-refractivity contribution in [1.82, 2.24) is 15.2 Å². The minimum atomic E-state index is -0.560. The normalized spacial score (nSPS) is 20.9. The molecule has 1 aromatic heterocycles. The second kappa shape index (κ2) is 7.98. The standard InChI is InChI=1S/C24H19ClN6O/c25-17-8-6-15(7-9-17)21-18(12-26)23(27)31(24-28-13-29-30-24)19-10-16(11-20(32)22(19)21)14-4-2-1-3-5-14/h1-9,13,16,21H,10-11,27H2,(H,28,29,30)/t16-,21-/m0/s1. The Balaban J connectivity index is 1.71. The fourth-order valence-electron chi connectivity index (χ4n) is 4.63. The Kier molecular flexibility index (Phi) is 5.00. The lowest BCUT2D eigenvalue weighted by atomic mass is 9.72. The van der Waals surface area contributed by atoms with Crippen LogP contribution in [0, 0.1) is 11.3 Å². The summed E-state index contributed by atoms with van der Waals surface area (Å²) in [7, 11) is 0. The van der Waals surface area contributed by atoms with Gasteiger partial charge in [-0.15, -0.1) is 0 Å². The van der Waals surface area contributed by atoms with Crippen molar-refractivity contribution in [2.75, 3.05) is 4.90 Å². The molecule has 0 saturated heterocycles. The molecule has 0 bridgehead atoms. The van der Waals surface area contributed by atoms with Gasteiger partial charge >= 0.3 is 0 Å². The number of Topliss-reactive ketones (excluding diaryl/α,β-unsaturated/α-hetero) is 1. The van der Waals surface area contributed by atoms with E-state index in [1.54, 1.807) is 17.0 Å². The molecular weight excluding hydrogens is 424 g/mol. The summed E-state index contributed by atoms with van der Waals surface area (Å²) in [6.45, 7) is 0. The van der Waals surface area contributed by atoms with Crippen LogP contribution in [0.1, 0.15) is 35.8 Å². The van der Waals surface area contributed by atoms with Crippen LogP contribution in [0.2, 0.25) is 5.02 Å². The van der Waals surface area contributed by atoms with Crippen LogP contribution in [0.15, 0.2) is 83.6 Å². The number of halogens is 1. The SMILES string of the molecule is N#CC1=C(N)N(c2ncn[nH]2)C2=C(C(=O)C[C@@H](c3ccccc3)C2)[C@H]1c1ccc(Cl)cc1. The van der Waals surface area contributed by atoms with E-state index >= 15 is 0 Å². The summed E-state index contributed by atoms with van der Waals surface area (Å²) in [5.41, 5.74) is 10.0. The Labute approximate surface area is 189 Å². The van der Waals surface area contributed by atoms with E-state index in [0.717, 1.165) is 16.8 Å². The van der Waals surface area contributed by atoms with E-state index in [0.29, 0.717) is 35.0 Å². The molecule has 1 aliphatic heterocycles. The van der Waals surface area contributed by atoms with Crippen molar-refractivity contribution in [1.29, 1.82) is 5.26 Å². The molecule has 5 rings (SSSR count). The first-order valence-electron chi connectivity index (χ1n) is 10.2. The van der Waals surface area contributed by atoms with Crippen molar-refractivity contribution >= 4 is 23.3 Å². The van der Waals surface area contributed by atoms with Gasteiger partial charge in [-0.05, 0) is 35.6 Å². The molecular formula is C24H19ClN6O. The molecule has 2 heterocycles. The minimum Gasteiger partial charge on any atom is -0.384 e. The number of ketones is 1. The summed E-state index contributed by atoms with van der Waals surface area (Å²) >= 11 is 6.09. The molecule has 158 valence electrons. The monoisotopic (exact) mass is 442 g/mol. The molecule has 0 saturated carbocycles. The minimum absolute atomic E-state index is 0.00447. The molecule has 3 N–H and O–H groups in total. The number of nitrogens with one attached hydrogen (secondary N) is 1. The Morgan fingerprint density at radius 3 is 2.50 bits per heavy atom. The number of nitrogens with two attached hydrogens (primary N) is 1. The number of H-pyrrole nitrogens is 1. The maximum atomic E-state index is 13.6.